The van der Waals surface area contributed by atoms with E-state index in [-0.39, 0.29) is 23.8 Å². The number of carbonyl (C=O) groups excluding carboxylic acids is 2. The summed E-state index contributed by atoms with van der Waals surface area (Å²) in [6.07, 6.45) is 5.53. The summed E-state index contributed by atoms with van der Waals surface area (Å²) in [6.45, 7) is 4.01. The average Bonchev–Trinajstić information content (AvgIpc) is 3.46. The summed E-state index contributed by atoms with van der Waals surface area (Å²) in [5, 5.41) is 8.13. The van der Waals surface area contributed by atoms with E-state index in [2.05, 4.69) is 59.2 Å². The summed E-state index contributed by atoms with van der Waals surface area (Å²) in [5.74, 6) is 1.38. The lowest BCUT2D eigenvalue weighted by atomic mass is 9.76. The number of anilines is 1. The van der Waals surface area contributed by atoms with Crippen LogP contribution in [0.15, 0.2) is 84.0 Å². The number of methoxy groups -OCH3 is 1. The van der Waals surface area contributed by atoms with Gasteiger partial charge in [0.1, 0.15) is 0 Å². The molecular weight excluding hydrogens is 506 g/mol. The van der Waals surface area contributed by atoms with Crippen LogP contribution in [-0.2, 0) is 15.3 Å². The van der Waals surface area contributed by atoms with E-state index in [0.29, 0.717) is 17.2 Å². The van der Waals surface area contributed by atoms with Crippen LogP contribution in [0.4, 0.5) is 5.69 Å². The van der Waals surface area contributed by atoms with Crippen LogP contribution in [0.3, 0.4) is 0 Å². The Hall–Kier alpha value is -3.84. The summed E-state index contributed by atoms with van der Waals surface area (Å²) in [5.41, 5.74) is 11.0. The molecule has 3 aromatic carbocycles. The molecule has 0 saturated carbocycles. The molecule has 5 rings (SSSR count). The van der Waals surface area contributed by atoms with E-state index in [1.54, 1.807) is 11.8 Å². The van der Waals surface area contributed by atoms with E-state index in [1.807, 2.05) is 49.4 Å². The Bertz CT molecular complexity index is 1430. The molecule has 0 unspecified atom stereocenters. The lowest BCUT2D eigenvalue weighted by Crippen LogP contribution is -2.29. The molecule has 7 heteroatoms. The summed E-state index contributed by atoms with van der Waals surface area (Å²) in [7, 11) is 1.40. The number of nitrogens with zero attached hydrogens (tertiary/aromatic N) is 1. The fourth-order valence-electron chi connectivity index (χ4n) is 5.36. The Labute approximate surface area is 233 Å². The van der Waals surface area contributed by atoms with Crippen molar-refractivity contribution in [3.05, 3.63) is 112 Å². The van der Waals surface area contributed by atoms with Crippen molar-refractivity contribution in [3.8, 4) is 0 Å². The first-order valence-electron chi connectivity index (χ1n) is 13.2. The number of allylic oxidation sites excluding steroid dienone is 2. The molecule has 0 saturated heterocycles. The van der Waals surface area contributed by atoms with E-state index < -0.39 is 0 Å². The van der Waals surface area contributed by atoms with Crippen molar-refractivity contribution in [3.63, 3.8) is 0 Å². The Morgan fingerprint density at radius 1 is 1.08 bits per heavy atom. The predicted molar refractivity (Wildman–Crippen MR) is 158 cm³/mol. The minimum atomic E-state index is -0.328. The van der Waals surface area contributed by atoms with Crippen LogP contribution in [0.25, 0.3) is 0 Å². The van der Waals surface area contributed by atoms with Crippen molar-refractivity contribution >= 4 is 35.0 Å². The number of benzene rings is 3. The van der Waals surface area contributed by atoms with E-state index >= 15 is 0 Å². The molecule has 0 aromatic heterocycles. The molecule has 0 spiro atoms. The van der Waals surface area contributed by atoms with Gasteiger partial charge in [-0.1, -0.05) is 54.6 Å². The van der Waals surface area contributed by atoms with E-state index in [9.17, 15) is 9.59 Å². The minimum Gasteiger partial charge on any atom is -0.465 e. The molecule has 3 atom stereocenters. The Morgan fingerprint density at radius 3 is 2.62 bits per heavy atom. The molecule has 1 aliphatic carbocycles. The van der Waals surface area contributed by atoms with Crippen LogP contribution in [-0.4, -0.2) is 30.5 Å². The van der Waals surface area contributed by atoms with Gasteiger partial charge < -0.3 is 10.1 Å². The lowest BCUT2D eigenvalue weighted by Gasteiger charge is -2.37. The molecule has 3 aromatic rings. The summed E-state index contributed by atoms with van der Waals surface area (Å²) < 4.78 is 4.84. The van der Waals surface area contributed by atoms with E-state index in [0.717, 1.165) is 34.7 Å². The second-order valence-corrected chi connectivity index (χ2v) is 11.0. The van der Waals surface area contributed by atoms with E-state index in [1.165, 1.54) is 23.8 Å². The SMILES string of the molecule is COC(=O)c1ccc([C@@H]2Nc3ccc(/C(C)=N/NC(=O)CSCc4ccccc4C)cc3[C@@H]3C=CC[C@@H]32)cc1. The number of fused-ring (bicyclic) bond motifs is 3. The van der Waals surface area contributed by atoms with Crippen molar-refractivity contribution in [2.24, 2.45) is 11.0 Å². The fourth-order valence-corrected chi connectivity index (χ4v) is 6.26. The highest BCUT2D eigenvalue weighted by Crippen LogP contribution is 2.50. The molecule has 0 fully saturated rings. The number of hydrogen-bond acceptors (Lipinski definition) is 6. The number of esters is 1. The number of rotatable bonds is 8. The highest BCUT2D eigenvalue weighted by molar-refractivity contribution is 7.99. The topological polar surface area (TPSA) is 79.8 Å². The molecule has 0 bridgehead atoms. The molecule has 1 aliphatic heterocycles. The maximum absolute atomic E-state index is 12.4. The first kappa shape index (κ1) is 26.8. The quantitative estimate of drug-likeness (QED) is 0.150. The smallest absolute Gasteiger partial charge is 0.337 e. The maximum atomic E-state index is 12.4. The van der Waals surface area contributed by atoms with Gasteiger partial charge in [0.2, 0.25) is 5.91 Å². The lowest BCUT2D eigenvalue weighted by molar-refractivity contribution is -0.118. The van der Waals surface area contributed by atoms with Gasteiger partial charge in [-0.25, -0.2) is 10.2 Å². The van der Waals surface area contributed by atoms with Gasteiger partial charge in [-0.2, -0.15) is 5.10 Å². The van der Waals surface area contributed by atoms with Gasteiger partial charge in [0, 0.05) is 17.4 Å². The number of amides is 1. The third kappa shape index (κ3) is 5.93. The van der Waals surface area contributed by atoms with Crippen LogP contribution in [0.5, 0.6) is 0 Å². The van der Waals surface area contributed by atoms with Crippen LogP contribution in [0, 0.1) is 12.8 Å². The molecule has 39 heavy (non-hydrogen) atoms. The van der Waals surface area contributed by atoms with Gasteiger partial charge in [-0.15, -0.1) is 11.8 Å². The number of ether oxygens (including phenoxy) is 1. The molecule has 2 N–H and O–H groups in total. The zero-order chi connectivity index (χ0) is 27.4. The Balaban J connectivity index is 1.25. The van der Waals surface area contributed by atoms with Gasteiger partial charge in [-0.05, 0) is 78.3 Å². The second-order valence-electron chi connectivity index (χ2n) is 10.0. The van der Waals surface area contributed by atoms with Gasteiger partial charge >= 0.3 is 5.97 Å². The second kappa shape index (κ2) is 11.9. The number of hydrogen-bond donors (Lipinski definition) is 2. The number of aryl methyl sites for hydroxylation is 1. The average molecular weight is 540 g/mol. The largest absolute Gasteiger partial charge is 0.465 e. The molecule has 6 nitrogen and oxygen atoms in total. The maximum Gasteiger partial charge on any atom is 0.337 e. The van der Waals surface area contributed by atoms with Gasteiger partial charge in [0.15, 0.2) is 0 Å². The summed E-state index contributed by atoms with van der Waals surface area (Å²) in [6, 6.07) is 22.4. The summed E-state index contributed by atoms with van der Waals surface area (Å²) >= 11 is 1.59. The van der Waals surface area contributed by atoms with Gasteiger partial charge in [-0.3, -0.25) is 4.79 Å². The van der Waals surface area contributed by atoms with Crippen molar-refractivity contribution in [1.82, 2.24) is 5.43 Å². The molecule has 1 heterocycles. The molecule has 200 valence electrons. The zero-order valence-electron chi connectivity index (χ0n) is 22.4. The number of nitrogens with one attached hydrogen (secondary N) is 2. The fraction of sp³-hybridized carbons (Fsp3) is 0.281. The molecule has 2 aliphatic rings. The zero-order valence-corrected chi connectivity index (χ0v) is 23.3. The number of thioether (sulfide) groups is 1. The minimum absolute atomic E-state index is 0.104. The first-order valence-corrected chi connectivity index (χ1v) is 14.3. The van der Waals surface area contributed by atoms with Crippen molar-refractivity contribution < 1.29 is 14.3 Å². The van der Waals surface area contributed by atoms with Crippen molar-refractivity contribution in [2.45, 2.75) is 38.0 Å². The monoisotopic (exact) mass is 539 g/mol. The first-order chi connectivity index (χ1) is 18.9. The molecule has 0 radical (unpaired) electrons. The summed E-state index contributed by atoms with van der Waals surface area (Å²) in [4.78, 5) is 24.2. The standard InChI is InChI=1S/C32H33N3O3S/c1-20-7-4-5-8-25(20)18-39-19-30(36)35-34-21(2)24-15-16-29-28(17-24)26-9-6-10-27(26)31(33-29)22-11-13-23(14-12-22)32(37)38-3/h4-9,11-17,26-27,31,33H,10,18-19H2,1-3H3,(H,35,36)/b34-21+/t26-,27+,31+/m1/s1. The molecule has 1 amide bonds. The third-order valence-corrected chi connectivity index (χ3v) is 8.55. The normalized spacial score (nSPS) is 19.6. The number of carbonyl (C=O) groups is 2. The van der Waals surface area contributed by atoms with Gasteiger partial charge in [0.05, 0.1) is 30.2 Å². The van der Waals surface area contributed by atoms with Crippen LogP contribution in [0.2, 0.25) is 0 Å². The molecular formula is C32H33N3O3S. The van der Waals surface area contributed by atoms with Crippen LogP contribution < -0.4 is 10.7 Å². The van der Waals surface area contributed by atoms with E-state index in [4.69, 9.17) is 4.74 Å². The van der Waals surface area contributed by atoms with Crippen LogP contribution >= 0.6 is 11.8 Å². The Kier molecular flexibility index (Phi) is 8.17. The predicted octanol–water partition coefficient (Wildman–Crippen LogP) is 6.38. The van der Waals surface area contributed by atoms with Crippen molar-refractivity contribution in [2.75, 3.05) is 18.2 Å². The number of hydrazone groups is 1. The third-order valence-electron chi connectivity index (χ3n) is 7.57. The van der Waals surface area contributed by atoms with Crippen LogP contribution in [0.1, 0.15) is 63.5 Å². The van der Waals surface area contributed by atoms with Crippen molar-refractivity contribution in [1.29, 1.82) is 0 Å². The highest BCUT2D eigenvalue weighted by atomic mass is 32.2. The Morgan fingerprint density at radius 2 is 1.85 bits per heavy atom. The highest BCUT2D eigenvalue weighted by Gasteiger charge is 2.38. The van der Waals surface area contributed by atoms with Gasteiger partial charge in [0.25, 0.3) is 0 Å².